The summed E-state index contributed by atoms with van der Waals surface area (Å²) in [6.07, 6.45) is 0. The molecule has 7 heteroatoms. The molecule has 1 unspecified atom stereocenters. The lowest BCUT2D eigenvalue weighted by molar-refractivity contribution is -0.118. The number of rotatable bonds is 9. The van der Waals surface area contributed by atoms with Crippen LogP contribution in [0.25, 0.3) is 10.2 Å². The summed E-state index contributed by atoms with van der Waals surface area (Å²) in [5.74, 6) is 2.04. The minimum atomic E-state index is 0.0425. The summed E-state index contributed by atoms with van der Waals surface area (Å²) in [4.78, 5) is 19.0. The topological polar surface area (TPSA) is 54.5 Å². The third kappa shape index (κ3) is 5.47. The van der Waals surface area contributed by atoms with Crippen molar-refractivity contribution in [3.8, 4) is 5.75 Å². The molecule has 0 aliphatic heterocycles. The number of ether oxygens (including phenoxy) is 1. The van der Waals surface area contributed by atoms with Gasteiger partial charge >= 0.3 is 0 Å². The van der Waals surface area contributed by atoms with Crippen LogP contribution in [0.15, 0.2) is 48.5 Å². The molecular weight excluding hydrogens is 390 g/mol. The number of fused-ring (bicyclic) bond motifs is 1. The van der Waals surface area contributed by atoms with Gasteiger partial charge in [-0.1, -0.05) is 24.3 Å². The van der Waals surface area contributed by atoms with E-state index in [0.29, 0.717) is 12.3 Å². The number of carbonyl (C=O) groups is 1. The van der Waals surface area contributed by atoms with Gasteiger partial charge in [-0.25, -0.2) is 4.98 Å². The zero-order valence-corrected chi connectivity index (χ0v) is 18.0. The first-order valence-corrected chi connectivity index (χ1v) is 11.0. The molecule has 5 nitrogen and oxygen atoms in total. The van der Waals surface area contributed by atoms with Crippen LogP contribution in [0.4, 0.5) is 0 Å². The molecule has 0 aliphatic carbocycles. The Hall–Kier alpha value is -2.09. The molecule has 0 spiro atoms. The number of para-hydroxylation sites is 1. The van der Waals surface area contributed by atoms with Gasteiger partial charge in [0.25, 0.3) is 0 Å². The molecule has 0 radical (unpaired) electrons. The Labute approximate surface area is 174 Å². The van der Waals surface area contributed by atoms with Gasteiger partial charge in [0.15, 0.2) is 0 Å². The van der Waals surface area contributed by atoms with Crippen LogP contribution in [0.3, 0.4) is 0 Å². The third-order valence-electron chi connectivity index (χ3n) is 4.39. The summed E-state index contributed by atoms with van der Waals surface area (Å²) in [5.41, 5.74) is 2.14. The first-order chi connectivity index (χ1) is 13.6. The number of hydrogen-bond acceptors (Lipinski definition) is 6. The van der Waals surface area contributed by atoms with Crippen LogP contribution in [0.5, 0.6) is 5.75 Å². The number of methoxy groups -OCH3 is 1. The predicted octanol–water partition coefficient (Wildman–Crippen LogP) is 3.96. The number of carbonyl (C=O) groups excluding carboxylic acids is 1. The van der Waals surface area contributed by atoms with E-state index in [4.69, 9.17) is 4.74 Å². The Morgan fingerprint density at radius 3 is 2.82 bits per heavy atom. The molecule has 2 aromatic carbocycles. The molecule has 0 saturated heterocycles. The van der Waals surface area contributed by atoms with Gasteiger partial charge in [-0.05, 0) is 43.9 Å². The fourth-order valence-corrected chi connectivity index (χ4v) is 4.80. The maximum atomic E-state index is 12.3. The lowest BCUT2D eigenvalue weighted by Gasteiger charge is -2.25. The molecule has 3 rings (SSSR count). The van der Waals surface area contributed by atoms with Crippen molar-refractivity contribution in [3.05, 3.63) is 59.1 Å². The van der Waals surface area contributed by atoms with Gasteiger partial charge < -0.3 is 15.0 Å². The fraction of sp³-hybridized carbons (Fsp3) is 0.333. The van der Waals surface area contributed by atoms with Crippen molar-refractivity contribution in [3.63, 3.8) is 0 Å². The molecule has 1 amide bonds. The second-order valence-electron chi connectivity index (χ2n) is 6.63. The minimum Gasteiger partial charge on any atom is -0.497 e. The molecule has 148 valence electrons. The number of thiazole rings is 1. The molecule has 1 aromatic heterocycles. The van der Waals surface area contributed by atoms with Crippen LogP contribution < -0.4 is 10.1 Å². The summed E-state index contributed by atoms with van der Waals surface area (Å²) in [6.45, 7) is 0.556. The molecule has 0 fully saturated rings. The summed E-state index contributed by atoms with van der Waals surface area (Å²) < 4.78 is 6.50. The van der Waals surface area contributed by atoms with Gasteiger partial charge in [0.2, 0.25) is 5.91 Å². The van der Waals surface area contributed by atoms with E-state index >= 15 is 0 Å². The van der Waals surface area contributed by atoms with Gasteiger partial charge in [0, 0.05) is 12.3 Å². The fourth-order valence-electron chi connectivity index (χ4n) is 2.92. The average Bonchev–Trinajstić information content (AvgIpc) is 3.11. The zero-order chi connectivity index (χ0) is 19.9. The van der Waals surface area contributed by atoms with Crippen LogP contribution in [-0.4, -0.2) is 49.3 Å². The van der Waals surface area contributed by atoms with Gasteiger partial charge in [-0.3, -0.25) is 4.79 Å². The molecule has 1 N–H and O–H groups in total. The second-order valence-corrected chi connectivity index (χ2v) is 8.73. The van der Waals surface area contributed by atoms with E-state index in [2.05, 4.69) is 27.3 Å². The van der Waals surface area contributed by atoms with Gasteiger partial charge in [-0.15, -0.1) is 23.1 Å². The Morgan fingerprint density at radius 1 is 1.25 bits per heavy atom. The molecule has 0 saturated carbocycles. The van der Waals surface area contributed by atoms with E-state index in [9.17, 15) is 4.79 Å². The maximum absolute atomic E-state index is 12.3. The Bertz CT molecular complexity index is 894. The Kier molecular flexibility index (Phi) is 7.30. The lowest BCUT2D eigenvalue weighted by Crippen LogP contribution is -2.35. The van der Waals surface area contributed by atoms with Crippen molar-refractivity contribution in [1.82, 2.24) is 15.2 Å². The van der Waals surface area contributed by atoms with Crippen molar-refractivity contribution in [2.75, 3.05) is 33.5 Å². The highest BCUT2D eigenvalue weighted by molar-refractivity contribution is 7.99. The maximum Gasteiger partial charge on any atom is 0.230 e. The van der Waals surface area contributed by atoms with E-state index in [-0.39, 0.29) is 11.9 Å². The number of benzene rings is 2. The normalized spacial score (nSPS) is 12.3. The van der Waals surface area contributed by atoms with Crippen LogP contribution in [-0.2, 0) is 10.5 Å². The molecule has 28 heavy (non-hydrogen) atoms. The first-order valence-electron chi connectivity index (χ1n) is 9.06. The minimum absolute atomic E-state index is 0.0425. The van der Waals surface area contributed by atoms with Crippen molar-refractivity contribution >= 4 is 39.2 Å². The summed E-state index contributed by atoms with van der Waals surface area (Å²) in [6, 6.07) is 16.2. The first kappa shape index (κ1) is 20.6. The Balaban J connectivity index is 1.49. The second kappa shape index (κ2) is 9.91. The highest BCUT2D eigenvalue weighted by Gasteiger charge is 2.16. The summed E-state index contributed by atoms with van der Waals surface area (Å²) in [7, 11) is 5.69. The lowest BCUT2D eigenvalue weighted by atomic mass is 10.1. The number of thioether (sulfide) groups is 1. The van der Waals surface area contributed by atoms with E-state index < -0.39 is 0 Å². The number of hydrogen-bond donors (Lipinski definition) is 1. The quantitative estimate of drug-likeness (QED) is 0.573. The molecule has 1 atom stereocenters. The van der Waals surface area contributed by atoms with Gasteiger partial charge in [0.1, 0.15) is 10.8 Å². The van der Waals surface area contributed by atoms with Crippen LogP contribution in [0.1, 0.15) is 16.6 Å². The molecule has 1 heterocycles. The number of aromatic nitrogens is 1. The average molecular weight is 416 g/mol. The Morgan fingerprint density at radius 2 is 2.07 bits per heavy atom. The molecule has 0 bridgehead atoms. The largest absolute Gasteiger partial charge is 0.497 e. The van der Waals surface area contributed by atoms with E-state index in [1.807, 2.05) is 50.5 Å². The number of likely N-dealkylation sites (N-methyl/N-ethyl adjacent to an activating group) is 1. The standard InChI is InChI=1S/C21H25N3O2S2/c1-24(2)18(15-7-6-8-16(11-15)26-3)12-22-20(25)13-27-14-21-23-17-9-4-5-10-19(17)28-21/h4-11,18H,12-14H2,1-3H3,(H,22,25). The van der Waals surface area contributed by atoms with Crippen molar-refractivity contribution in [1.29, 1.82) is 0 Å². The number of nitrogens with one attached hydrogen (secondary N) is 1. The van der Waals surface area contributed by atoms with E-state index in [1.54, 1.807) is 30.2 Å². The van der Waals surface area contributed by atoms with E-state index in [0.717, 1.165) is 27.6 Å². The molecule has 3 aromatic rings. The van der Waals surface area contributed by atoms with Gasteiger partial charge in [0.05, 0.1) is 29.1 Å². The van der Waals surface area contributed by atoms with Gasteiger partial charge in [-0.2, -0.15) is 0 Å². The highest BCUT2D eigenvalue weighted by atomic mass is 32.2. The van der Waals surface area contributed by atoms with Crippen LogP contribution >= 0.6 is 23.1 Å². The SMILES string of the molecule is COc1cccc(C(CNC(=O)CSCc2nc3ccccc3s2)N(C)C)c1. The number of amides is 1. The van der Waals surface area contributed by atoms with Crippen LogP contribution in [0.2, 0.25) is 0 Å². The zero-order valence-electron chi connectivity index (χ0n) is 16.3. The third-order valence-corrected chi connectivity index (χ3v) is 6.55. The monoisotopic (exact) mass is 415 g/mol. The smallest absolute Gasteiger partial charge is 0.230 e. The van der Waals surface area contributed by atoms with Crippen LogP contribution in [0, 0.1) is 0 Å². The summed E-state index contributed by atoms with van der Waals surface area (Å²) >= 11 is 3.28. The van der Waals surface area contributed by atoms with Crippen molar-refractivity contribution in [2.45, 2.75) is 11.8 Å². The van der Waals surface area contributed by atoms with Crippen molar-refractivity contribution in [2.24, 2.45) is 0 Å². The van der Waals surface area contributed by atoms with Crippen molar-refractivity contribution < 1.29 is 9.53 Å². The number of nitrogens with zero attached hydrogens (tertiary/aromatic N) is 2. The summed E-state index contributed by atoms with van der Waals surface area (Å²) in [5, 5.41) is 4.11. The molecule has 0 aliphatic rings. The highest BCUT2D eigenvalue weighted by Crippen LogP contribution is 2.25. The van der Waals surface area contributed by atoms with E-state index in [1.165, 1.54) is 4.70 Å². The predicted molar refractivity (Wildman–Crippen MR) is 118 cm³/mol. The molecular formula is C21H25N3O2S2.